The van der Waals surface area contributed by atoms with Gasteiger partial charge in [0.2, 0.25) is 0 Å². The minimum absolute atomic E-state index is 0.351. The monoisotopic (exact) mass is 272 g/mol. The Kier molecular flexibility index (Phi) is 4.62. The zero-order valence-corrected chi connectivity index (χ0v) is 10.1. The van der Waals surface area contributed by atoms with Gasteiger partial charge < -0.3 is 9.84 Å². The molecular weight excluding hydrogens is 260 g/mol. The Balaban J connectivity index is 2.92. The minimum atomic E-state index is -0.890. The molecule has 0 bridgehead atoms. The second-order valence-electron chi connectivity index (χ2n) is 3.02. The van der Waals surface area contributed by atoms with Gasteiger partial charge in [-0.15, -0.1) is 0 Å². The number of carbonyl (C=O) groups is 1. The smallest absolute Gasteiger partial charge is 0.335 e. The molecule has 3 nitrogen and oxygen atoms in total. The summed E-state index contributed by atoms with van der Waals surface area (Å²) in [5.74, 6) is -0.171. The molecule has 15 heavy (non-hydrogen) atoms. The fourth-order valence-corrected chi connectivity index (χ4v) is 1.48. The van der Waals surface area contributed by atoms with Gasteiger partial charge in [-0.2, -0.15) is 0 Å². The SMILES string of the molecule is CCc1cc(OCCBr)ccc1C(=O)O. The Labute approximate surface area is 97.2 Å². The van der Waals surface area contributed by atoms with Crippen LogP contribution >= 0.6 is 15.9 Å². The number of carboxylic acids is 1. The number of aromatic carboxylic acids is 1. The van der Waals surface area contributed by atoms with Crippen LogP contribution < -0.4 is 4.74 Å². The van der Waals surface area contributed by atoms with Crippen molar-refractivity contribution < 1.29 is 14.6 Å². The number of carboxylic acid groups (broad SMARTS) is 1. The van der Waals surface area contributed by atoms with Crippen molar-refractivity contribution in [2.75, 3.05) is 11.9 Å². The maximum Gasteiger partial charge on any atom is 0.335 e. The topological polar surface area (TPSA) is 46.5 Å². The fraction of sp³-hybridized carbons (Fsp3) is 0.364. The first-order valence-corrected chi connectivity index (χ1v) is 5.86. The standard InChI is InChI=1S/C11H13BrO3/c1-2-8-7-9(15-6-5-12)3-4-10(8)11(13)14/h3-4,7H,2,5-6H2,1H3,(H,13,14). The quantitative estimate of drug-likeness (QED) is 0.839. The van der Waals surface area contributed by atoms with Crippen molar-refractivity contribution >= 4 is 21.9 Å². The molecular formula is C11H13BrO3. The van der Waals surface area contributed by atoms with Gasteiger partial charge in [0.1, 0.15) is 5.75 Å². The van der Waals surface area contributed by atoms with E-state index in [-0.39, 0.29) is 0 Å². The van der Waals surface area contributed by atoms with Crippen LogP contribution in [0.25, 0.3) is 0 Å². The highest BCUT2D eigenvalue weighted by atomic mass is 79.9. The van der Waals surface area contributed by atoms with Crippen molar-refractivity contribution in [3.63, 3.8) is 0 Å². The van der Waals surface area contributed by atoms with E-state index in [1.54, 1.807) is 18.2 Å². The first-order chi connectivity index (χ1) is 7.19. The maximum absolute atomic E-state index is 10.9. The van der Waals surface area contributed by atoms with Crippen molar-refractivity contribution in [2.45, 2.75) is 13.3 Å². The second-order valence-corrected chi connectivity index (χ2v) is 3.81. The van der Waals surface area contributed by atoms with Crippen molar-refractivity contribution in [3.8, 4) is 5.75 Å². The highest BCUT2D eigenvalue weighted by Crippen LogP contribution is 2.18. The largest absolute Gasteiger partial charge is 0.493 e. The van der Waals surface area contributed by atoms with E-state index < -0.39 is 5.97 Å². The molecule has 0 heterocycles. The summed E-state index contributed by atoms with van der Waals surface area (Å²) in [7, 11) is 0. The Morgan fingerprint density at radius 1 is 1.53 bits per heavy atom. The van der Waals surface area contributed by atoms with Crippen LogP contribution in [-0.2, 0) is 6.42 Å². The molecule has 0 fully saturated rings. The van der Waals surface area contributed by atoms with E-state index in [2.05, 4.69) is 15.9 Å². The van der Waals surface area contributed by atoms with E-state index in [9.17, 15) is 4.79 Å². The highest BCUT2D eigenvalue weighted by molar-refractivity contribution is 9.09. The Morgan fingerprint density at radius 2 is 2.27 bits per heavy atom. The third-order valence-corrected chi connectivity index (χ3v) is 2.36. The maximum atomic E-state index is 10.9. The van der Waals surface area contributed by atoms with E-state index in [1.807, 2.05) is 6.92 Å². The van der Waals surface area contributed by atoms with E-state index in [1.165, 1.54) is 0 Å². The molecule has 82 valence electrons. The number of hydrogen-bond donors (Lipinski definition) is 1. The number of halogens is 1. The molecule has 0 aromatic heterocycles. The summed E-state index contributed by atoms with van der Waals surface area (Å²) in [6.45, 7) is 2.51. The molecule has 0 saturated carbocycles. The van der Waals surface area contributed by atoms with Gasteiger partial charge >= 0.3 is 5.97 Å². The summed E-state index contributed by atoms with van der Waals surface area (Å²) in [5.41, 5.74) is 1.15. The summed E-state index contributed by atoms with van der Waals surface area (Å²) < 4.78 is 5.39. The summed E-state index contributed by atoms with van der Waals surface area (Å²) >= 11 is 3.26. The van der Waals surface area contributed by atoms with Crippen LogP contribution in [0.3, 0.4) is 0 Å². The lowest BCUT2D eigenvalue weighted by Crippen LogP contribution is -2.03. The molecule has 0 atom stereocenters. The molecule has 1 aromatic carbocycles. The number of rotatable bonds is 5. The fourth-order valence-electron chi connectivity index (χ4n) is 1.32. The van der Waals surface area contributed by atoms with Gasteiger partial charge in [-0.25, -0.2) is 4.79 Å². The lowest BCUT2D eigenvalue weighted by Gasteiger charge is -2.08. The molecule has 0 spiro atoms. The zero-order valence-electron chi connectivity index (χ0n) is 8.50. The third kappa shape index (κ3) is 3.23. The van der Waals surface area contributed by atoms with Gasteiger partial charge in [-0.05, 0) is 30.2 Å². The summed E-state index contributed by atoms with van der Waals surface area (Å²) in [5, 5.41) is 9.67. The summed E-state index contributed by atoms with van der Waals surface area (Å²) in [4.78, 5) is 10.9. The van der Waals surface area contributed by atoms with Gasteiger partial charge in [-0.1, -0.05) is 22.9 Å². The van der Waals surface area contributed by atoms with Gasteiger partial charge in [0.15, 0.2) is 0 Å². The van der Waals surface area contributed by atoms with E-state index in [4.69, 9.17) is 9.84 Å². The lowest BCUT2D eigenvalue weighted by molar-refractivity contribution is 0.0695. The molecule has 0 aliphatic rings. The third-order valence-electron chi connectivity index (χ3n) is 2.03. The molecule has 0 amide bonds. The van der Waals surface area contributed by atoms with Crippen LogP contribution in [0, 0.1) is 0 Å². The van der Waals surface area contributed by atoms with Crippen molar-refractivity contribution in [2.24, 2.45) is 0 Å². The van der Waals surface area contributed by atoms with Crippen LogP contribution in [0.15, 0.2) is 18.2 Å². The highest BCUT2D eigenvalue weighted by Gasteiger charge is 2.09. The number of hydrogen-bond acceptors (Lipinski definition) is 2. The molecule has 0 saturated heterocycles. The first kappa shape index (κ1) is 12.0. The molecule has 0 aliphatic carbocycles. The molecule has 0 radical (unpaired) electrons. The predicted octanol–water partition coefficient (Wildman–Crippen LogP) is 2.72. The molecule has 1 rings (SSSR count). The van der Waals surface area contributed by atoms with Crippen LogP contribution in [0.5, 0.6) is 5.75 Å². The molecule has 1 aromatic rings. The van der Waals surface area contributed by atoms with Crippen LogP contribution in [0.1, 0.15) is 22.8 Å². The number of alkyl halides is 1. The van der Waals surface area contributed by atoms with Gasteiger partial charge in [-0.3, -0.25) is 0 Å². The summed E-state index contributed by atoms with van der Waals surface area (Å²) in [6, 6.07) is 5.06. The number of aryl methyl sites for hydroxylation is 1. The molecule has 0 aliphatic heterocycles. The van der Waals surface area contributed by atoms with Crippen molar-refractivity contribution in [1.29, 1.82) is 0 Å². The van der Waals surface area contributed by atoms with Crippen LogP contribution in [-0.4, -0.2) is 23.0 Å². The van der Waals surface area contributed by atoms with Gasteiger partial charge in [0.05, 0.1) is 12.2 Å². The predicted molar refractivity (Wildman–Crippen MR) is 62.1 cm³/mol. The number of benzene rings is 1. The average Bonchev–Trinajstić information content (AvgIpc) is 2.25. The Bertz CT molecular complexity index is 350. The van der Waals surface area contributed by atoms with Crippen LogP contribution in [0.2, 0.25) is 0 Å². The summed E-state index contributed by atoms with van der Waals surface area (Å²) in [6.07, 6.45) is 0.688. The molecule has 1 N–H and O–H groups in total. The zero-order chi connectivity index (χ0) is 11.3. The van der Waals surface area contributed by atoms with Gasteiger partial charge in [0.25, 0.3) is 0 Å². The second kappa shape index (κ2) is 5.75. The lowest BCUT2D eigenvalue weighted by atomic mass is 10.1. The first-order valence-electron chi connectivity index (χ1n) is 4.74. The van der Waals surface area contributed by atoms with Crippen molar-refractivity contribution in [1.82, 2.24) is 0 Å². The van der Waals surface area contributed by atoms with E-state index >= 15 is 0 Å². The van der Waals surface area contributed by atoms with Crippen LogP contribution in [0.4, 0.5) is 0 Å². The molecule has 4 heteroatoms. The number of ether oxygens (including phenoxy) is 1. The Hall–Kier alpha value is -1.03. The molecule has 0 unspecified atom stereocenters. The Morgan fingerprint density at radius 3 is 2.80 bits per heavy atom. The van der Waals surface area contributed by atoms with E-state index in [0.29, 0.717) is 18.6 Å². The normalized spacial score (nSPS) is 10.0. The van der Waals surface area contributed by atoms with E-state index in [0.717, 1.165) is 16.6 Å². The minimum Gasteiger partial charge on any atom is -0.493 e. The van der Waals surface area contributed by atoms with Crippen molar-refractivity contribution in [3.05, 3.63) is 29.3 Å². The average molecular weight is 273 g/mol. The van der Waals surface area contributed by atoms with Gasteiger partial charge in [0, 0.05) is 5.33 Å².